The molecule has 10 atom stereocenters. The molecule has 2 fully saturated rings. The summed E-state index contributed by atoms with van der Waals surface area (Å²) in [5.74, 6) is -1.73. The van der Waals surface area contributed by atoms with Crippen molar-refractivity contribution in [1.82, 2.24) is 5.32 Å². The Hall–Kier alpha value is -3.50. The molecule has 2 aliphatic heterocycles. The summed E-state index contributed by atoms with van der Waals surface area (Å²) in [6.07, 6.45) is -15.9. The molecule has 2 heterocycles. The van der Waals surface area contributed by atoms with Crippen molar-refractivity contribution in [2.45, 2.75) is 73.9 Å². The smallest absolute Gasteiger partial charge is 0.335 e. The first-order chi connectivity index (χ1) is 22.8. The van der Waals surface area contributed by atoms with Crippen LogP contribution in [0.15, 0.2) is 58.8 Å². The molecule has 0 saturated carbocycles. The van der Waals surface area contributed by atoms with Crippen molar-refractivity contribution < 1.29 is 74.5 Å². The minimum absolute atomic E-state index is 0.0912. The van der Waals surface area contributed by atoms with Gasteiger partial charge in [-0.1, -0.05) is 0 Å². The Labute approximate surface area is 273 Å². The monoisotopic (exact) mass is 681 g/mol. The fraction of sp³-hybridized carbons (Fsp3) is 0.533. The summed E-state index contributed by atoms with van der Waals surface area (Å²) < 4.78 is 22.1. The molecular weight excluding hydrogens is 642 g/mol. The van der Waals surface area contributed by atoms with Gasteiger partial charge in [0.1, 0.15) is 48.8 Å². The van der Waals surface area contributed by atoms with Crippen molar-refractivity contribution in [2.75, 3.05) is 26.4 Å². The third-order valence-electron chi connectivity index (χ3n) is 7.77. The molecule has 0 aliphatic carbocycles. The van der Waals surface area contributed by atoms with E-state index in [-0.39, 0.29) is 11.1 Å². The Morgan fingerprint density at radius 3 is 1.46 bits per heavy atom. The molecule has 18 heteroatoms. The molecule has 264 valence electrons. The molecule has 0 spiro atoms. The summed E-state index contributed by atoms with van der Waals surface area (Å²) in [6, 6.07) is 11.6. The van der Waals surface area contributed by atoms with Crippen molar-refractivity contribution in [3.8, 4) is 0 Å². The average molecular weight is 682 g/mol. The number of carboxylic acids is 1. The predicted octanol–water partition coefficient (Wildman–Crippen LogP) is -2.08. The molecule has 1 amide bonds. The molecule has 2 saturated heterocycles. The Balaban J connectivity index is 1.47. The average Bonchev–Trinajstić information content (AvgIpc) is 3.08. The van der Waals surface area contributed by atoms with E-state index < -0.39 is 105 Å². The Morgan fingerprint density at radius 1 is 0.688 bits per heavy atom. The molecule has 0 bridgehead atoms. The molecule has 2 aromatic rings. The fourth-order valence-corrected chi connectivity index (χ4v) is 4.87. The number of aromatic carboxylic acids is 1. The van der Waals surface area contributed by atoms with E-state index in [4.69, 9.17) is 24.1 Å². The quantitative estimate of drug-likeness (QED) is 0.102. The summed E-state index contributed by atoms with van der Waals surface area (Å²) in [4.78, 5) is 24.4. The minimum Gasteiger partial charge on any atom is -0.478 e. The van der Waals surface area contributed by atoms with E-state index in [0.717, 1.165) is 0 Å². The topological polar surface area (TPSA) is 290 Å². The molecule has 18 nitrogen and oxygen atoms in total. The van der Waals surface area contributed by atoms with E-state index >= 15 is 0 Å². The van der Waals surface area contributed by atoms with E-state index in [2.05, 4.69) is 15.5 Å². The highest BCUT2D eigenvalue weighted by Gasteiger charge is 2.47. The van der Waals surface area contributed by atoms with Gasteiger partial charge in [0.2, 0.25) is 0 Å². The summed E-state index contributed by atoms with van der Waals surface area (Å²) in [5, 5.41) is 100. The van der Waals surface area contributed by atoms with Crippen molar-refractivity contribution in [3.05, 3.63) is 59.7 Å². The highest BCUT2D eigenvalue weighted by Crippen LogP contribution is 2.26. The molecule has 0 radical (unpaired) electrons. The van der Waals surface area contributed by atoms with Gasteiger partial charge in [0.05, 0.1) is 48.9 Å². The largest absolute Gasteiger partial charge is 0.478 e. The number of hydrogen-bond donors (Lipinski definition) is 10. The van der Waals surface area contributed by atoms with Gasteiger partial charge in [0.15, 0.2) is 12.6 Å². The molecule has 2 aliphatic rings. The second kappa shape index (κ2) is 16.3. The van der Waals surface area contributed by atoms with E-state index in [1.165, 1.54) is 55.5 Å². The number of carboxylic acid groups (broad SMARTS) is 1. The number of ether oxygens (including phenoxy) is 4. The second-order valence-electron chi connectivity index (χ2n) is 11.6. The number of amides is 1. The lowest BCUT2D eigenvalue weighted by Crippen LogP contribution is -2.62. The van der Waals surface area contributed by atoms with Crippen LogP contribution < -0.4 is 5.32 Å². The van der Waals surface area contributed by atoms with Crippen molar-refractivity contribution in [1.29, 1.82) is 0 Å². The first-order valence-corrected chi connectivity index (χ1v) is 14.8. The Kier molecular flexibility index (Phi) is 12.6. The van der Waals surface area contributed by atoms with E-state index in [1.54, 1.807) is 0 Å². The molecule has 4 rings (SSSR count). The van der Waals surface area contributed by atoms with Gasteiger partial charge in [-0.15, -0.1) is 0 Å². The zero-order chi connectivity index (χ0) is 35.2. The SMILES string of the molecule is CC(CO[C@@H]1O[C@H](CO)[C@H](O)[C@H](O)[C@H]1O)(CO[C@@H]1O[C@H](CO)[C@H](O)[C@H](O)[C@H]1O)NC(=O)c1ccc(N=Nc2ccc(C(=O)O)cc2)cc1. The number of aliphatic hydroxyl groups excluding tert-OH is 8. The van der Waals surface area contributed by atoms with Crippen LogP contribution in [0, 0.1) is 0 Å². The highest BCUT2D eigenvalue weighted by molar-refractivity contribution is 5.95. The van der Waals surface area contributed by atoms with E-state index in [1.807, 2.05) is 0 Å². The summed E-state index contributed by atoms with van der Waals surface area (Å²) in [5.41, 5.74) is -0.514. The molecule has 10 N–H and O–H groups in total. The molecule has 2 aromatic carbocycles. The maximum atomic E-state index is 13.4. The number of carbonyl (C=O) groups is 2. The predicted molar refractivity (Wildman–Crippen MR) is 159 cm³/mol. The number of carbonyl (C=O) groups excluding carboxylic acids is 1. The molecule has 0 unspecified atom stereocenters. The van der Waals surface area contributed by atoms with Crippen LogP contribution in [0.3, 0.4) is 0 Å². The van der Waals surface area contributed by atoms with Gasteiger partial charge in [-0.2, -0.15) is 10.2 Å². The van der Waals surface area contributed by atoms with Gasteiger partial charge in [-0.05, 0) is 55.5 Å². The van der Waals surface area contributed by atoms with Crippen LogP contribution in [0.2, 0.25) is 0 Å². The Bertz CT molecular complexity index is 1350. The van der Waals surface area contributed by atoms with Gasteiger partial charge >= 0.3 is 5.97 Å². The highest BCUT2D eigenvalue weighted by atomic mass is 16.7. The fourth-order valence-electron chi connectivity index (χ4n) is 4.87. The minimum atomic E-state index is -1.74. The number of azo groups is 1. The van der Waals surface area contributed by atoms with Gasteiger partial charge in [0.25, 0.3) is 5.91 Å². The standard InChI is InChI=1S/C30H39N3O15/c1-30(12-45-28-24(40)22(38)20(36)18(10-34)47-28,13-46-29-25(41)23(39)21(37)19(11-35)48-29)31-26(42)14-2-6-16(7-3-14)32-33-17-8-4-15(5-9-17)27(43)44/h2-9,18-25,28-29,34-41H,10-13H2,1H3,(H,31,42)(H,43,44)/t18-,19-,20+,21+,22+,23+,24-,25-,28-,29-/m1/s1. The maximum Gasteiger partial charge on any atom is 0.335 e. The zero-order valence-corrected chi connectivity index (χ0v) is 25.6. The second-order valence-corrected chi connectivity index (χ2v) is 11.6. The lowest BCUT2D eigenvalue weighted by Gasteiger charge is -2.42. The number of rotatable bonds is 13. The summed E-state index contributed by atoms with van der Waals surface area (Å²) in [6.45, 7) is -0.911. The number of nitrogens with zero attached hydrogens (tertiary/aromatic N) is 2. The first kappa shape index (κ1) is 37.3. The van der Waals surface area contributed by atoms with Crippen LogP contribution >= 0.6 is 0 Å². The van der Waals surface area contributed by atoms with Crippen LogP contribution in [-0.2, 0) is 18.9 Å². The molecular formula is C30H39N3O15. The van der Waals surface area contributed by atoms with Crippen LogP contribution in [-0.4, -0.2) is 151 Å². The van der Waals surface area contributed by atoms with Gasteiger partial charge < -0.3 is 70.2 Å². The maximum absolute atomic E-state index is 13.4. The number of hydrogen-bond acceptors (Lipinski definition) is 16. The van der Waals surface area contributed by atoms with Crippen LogP contribution in [0.4, 0.5) is 11.4 Å². The van der Waals surface area contributed by atoms with Gasteiger partial charge in [0, 0.05) is 5.56 Å². The van der Waals surface area contributed by atoms with Crippen LogP contribution in [0.1, 0.15) is 27.6 Å². The summed E-state index contributed by atoms with van der Waals surface area (Å²) >= 11 is 0. The number of aliphatic hydroxyl groups is 8. The number of benzene rings is 2. The molecule has 48 heavy (non-hydrogen) atoms. The lowest BCUT2D eigenvalue weighted by atomic mass is 9.98. The third-order valence-corrected chi connectivity index (χ3v) is 7.77. The van der Waals surface area contributed by atoms with Crippen molar-refractivity contribution in [2.24, 2.45) is 10.2 Å². The molecule has 0 aromatic heterocycles. The van der Waals surface area contributed by atoms with Gasteiger partial charge in [-0.3, -0.25) is 4.79 Å². The summed E-state index contributed by atoms with van der Waals surface area (Å²) in [7, 11) is 0. The van der Waals surface area contributed by atoms with Crippen LogP contribution in [0.5, 0.6) is 0 Å². The Morgan fingerprint density at radius 2 is 1.08 bits per heavy atom. The lowest BCUT2D eigenvalue weighted by molar-refractivity contribution is -0.313. The van der Waals surface area contributed by atoms with E-state index in [9.17, 15) is 50.4 Å². The van der Waals surface area contributed by atoms with Crippen molar-refractivity contribution in [3.63, 3.8) is 0 Å². The normalized spacial score (nSPS) is 31.1. The van der Waals surface area contributed by atoms with Gasteiger partial charge in [-0.25, -0.2) is 4.79 Å². The van der Waals surface area contributed by atoms with E-state index in [0.29, 0.717) is 11.4 Å². The third kappa shape index (κ3) is 8.94. The number of nitrogens with one attached hydrogen (secondary N) is 1. The zero-order valence-electron chi connectivity index (χ0n) is 25.6. The van der Waals surface area contributed by atoms with Crippen molar-refractivity contribution >= 4 is 23.3 Å². The first-order valence-electron chi connectivity index (χ1n) is 14.8. The van der Waals surface area contributed by atoms with Crippen LogP contribution in [0.25, 0.3) is 0 Å².